The Bertz CT molecular complexity index is 1380. The number of nitrogens with zero attached hydrogens (tertiary/aromatic N) is 2. The van der Waals surface area contributed by atoms with Gasteiger partial charge in [0, 0.05) is 17.0 Å². The zero-order valence-electron chi connectivity index (χ0n) is 16.9. The molecule has 0 bridgehead atoms. The van der Waals surface area contributed by atoms with Crippen LogP contribution in [0.2, 0.25) is 0 Å². The Labute approximate surface area is 177 Å². The molecule has 3 aromatic heterocycles. The van der Waals surface area contributed by atoms with Gasteiger partial charge in [0.2, 0.25) is 5.78 Å². The number of ether oxygens (including phenoxy) is 1. The van der Waals surface area contributed by atoms with Crippen molar-refractivity contribution in [3.8, 4) is 17.0 Å². The lowest BCUT2D eigenvalue weighted by atomic mass is 10.0. The molecule has 0 aliphatic heterocycles. The molecule has 0 radical (unpaired) electrons. The molecule has 0 spiro atoms. The van der Waals surface area contributed by atoms with Crippen LogP contribution in [0.25, 0.3) is 22.2 Å². The van der Waals surface area contributed by atoms with Gasteiger partial charge in [-0.2, -0.15) is 0 Å². The highest BCUT2D eigenvalue weighted by Crippen LogP contribution is 2.33. The maximum atomic E-state index is 13.3. The molecule has 0 fully saturated rings. The van der Waals surface area contributed by atoms with Crippen LogP contribution in [0.4, 0.5) is 0 Å². The summed E-state index contributed by atoms with van der Waals surface area (Å²) in [7, 11) is 0. The molecule has 0 unspecified atom stereocenters. The number of rotatable bonds is 6. The quantitative estimate of drug-likeness (QED) is 0.339. The van der Waals surface area contributed by atoms with Crippen LogP contribution in [0.1, 0.15) is 33.3 Å². The van der Waals surface area contributed by atoms with Gasteiger partial charge in [0.05, 0.1) is 11.3 Å². The second kappa shape index (κ2) is 7.60. The van der Waals surface area contributed by atoms with Gasteiger partial charge in [-0.05, 0) is 26.0 Å². The number of ketones is 1. The van der Waals surface area contributed by atoms with Crippen LogP contribution < -0.4 is 4.74 Å². The van der Waals surface area contributed by atoms with Crippen LogP contribution in [0, 0.1) is 13.8 Å². The topological polar surface area (TPSA) is 91.5 Å². The number of benzene rings is 2. The lowest BCUT2D eigenvalue weighted by Crippen LogP contribution is -2.02. The summed E-state index contributed by atoms with van der Waals surface area (Å²) in [6.45, 7) is 3.75. The predicted molar refractivity (Wildman–Crippen MR) is 112 cm³/mol. The summed E-state index contributed by atoms with van der Waals surface area (Å²) in [4.78, 5) is 13.3. The third-order valence-corrected chi connectivity index (χ3v) is 4.92. The fourth-order valence-electron chi connectivity index (χ4n) is 3.45. The summed E-state index contributed by atoms with van der Waals surface area (Å²) in [6.07, 6.45) is 0. The number of hydrogen-bond acceptors (Lipinski definition) is 7. The number of aromatic nitrogens is 2. The van der Waals surface area contributed by atoms with E-state index in [0.717, 1.165) is 16.6 Å². The molecule has 3 heterocycles. The highest BCUT2D eigenvalue weighted by molar-refractivity contribution is 6.13. The first kappa shape index (κ1) is 18.9. The average molecular weight is 414 g/mol. The SMILES string of the molecule is Cc1cc(COc2cccc3cc(C(=O)c4c(-c5ccccc5)noc4C)oc23)on1. The van der Waals surface area contributed by atoms with Crippen LogP contribution in [-0.4, -0.2) is 16.1 Å². The minimum Gasteiger partial charge on any atom is -0.482 e. The van der Waals surface area contributed by atoms with Crippen molar-refractivity contribution in [1.82, 2.24) is 10.3 Å². The van der Waals surface area contributed by atoms with E-state index in [2.05, 4.69) is 10.3 Å². The Morgan fingerprint density at radius 3 is 2.58 bits per heavy atom. The molecule has 5 rings (SSSR count). The van der Waals surface area contributed by atoms with Gasteiger partial charge in [-0.1, -0.05) is 52.8 Å². The number of carbonyl (C=O) groups excluding carboxylic acids is 1. The zero-order chi connectivity index (χ0) is 21.4. The predicted octanol–water partition coefficient (Wildman–Crippen LogP) is 5.50. The molecule has 154 valence electrons. The van der Waals surface area contributed by atoms with Crippen molar-refractivity contribution in [3.05, 3.63) is 89.2 Å². The summed E-state index contributed by atoms with van der Waals surface area (Å²) in [5.41, 5.74) is 2.93. The third kappa shape index (κ3) is 3.50. The van der Waals surface area contributed by atoms with Crippen LogP contribution in [0.5, 0.6) is 5.75 Å². The molecule has 2 aromatic carbocycles. The van der Waals surface area contributed by atoms with Crippen LogP contribution in [0.15, 0.2) is 74.1 Å². The fourth-order valence-corrected chi connectivity index (χ4v) is 3.45. The van der Waals surface area contributed by atoms with Gasteiger partial charge in [-0.3, -0.25) is 4.79 Å². The monoisotopic (exact) mass is 414 g/mol. The second-order valence-corrected chi connectivity index (χ2v) is 7.17. The van der Waals surface area contributed by atoms with Gasteiger partial charge < -0.3 is 18.2 Å². The molecule has 0 aliphatic carbocycles. The molecular formula is C24H18N2O5. The first-order chi connectivity index (χ1) is 15.1. The summed E-state index contributed by atoms with van der Waals surface area (Å²) < 4.78 is 22.3. The minimum absolute atomic E-state index is 0.185. The Morgan fingerprint density at radius 2 is 1.81 bits per heavy atom. The largest absolute Gasteiger partial charge is 0.482 e. The Morgan fingerprint density at radius 1 is 0.968 bits per heavy atom. The standard InChI is InChI=1S/C24H18N2O5/c1-14-11-18(31-25-14)13-28-19-10-6-9-17-12-20(29-24(17)19)23(27)21-15(2)30-26-22(21)16-7-4-3-5-8-16/h3-12H,13H2,1-2H3. The van der Waals surface area contributed by atoms with E-state index in [1.54, 1.807) is 25.1 Å². The first-order valence-corrected chi connectivity index (χ1v) is 9.74. The van der Waals surface area contributed by atoms with E-state index in [9.17, 15) is 4.79 Å². The lowest BCUT2D eigenvalue weighted by Gasteiger charge is -2.04. The summed E-state index contributed by atoms with van der Waals surface area (Å²) in [5, 5.41) is 8.70. The van der Waals surface area contributed by atoms with E-state index < -0.39 is 0 Å². The number of aryl methyl sites for hydroxylation is 2. The highest BCUT2D eigenvalue weighted by atomic mass is 16.5. The van der Waals surface area contributed by atoms with Gasteiger partial charge >= 0.3 is 0 Å². The molecular weight excluding hydrogens is 396 g/mol. The second-order valence-electron chi connectivity index (χ2n) is 7.17. The summed E-state index contributed by atoms with van der Waals surface area (Å²) >= 11 is 0. The molecule has 0 aliphatic rings. The van der Waals surface area contributed by atoms with Crippen molar-refractivity contribution in [3.63, 3.8) is 0 Å². The zero-order valence-corrected chi connectivity index (χ0v) is 16.9. The van der Waals surface area contributed by atoms with Crippen LogP contribution in [0.3, 0.4) is 0 Å². The molecule has 0 saturated carbocycles. The van der Waals surface area contributed by atoms with Gasteiger partial charge in [0.1, 0.15) is 18.1 Å². The molecule has 0 atom stereocenters. The smallest absolute Gasteiger partial charge is 0.234 e. The fraction of sp³-hybridized carbons (Fsp3) is 0.125. The van der Waals surface area contributed by atoms with Crippen molar-refractivity contribution < 1.29 is 23.0 Å². The van der Waals surface area contributed by atoms with Gasteiger partial charge in [0.25, 0.3) is 0 Å². The summed E-state index contributed by atoms with van der Waals surface area (Å²) in [5.74, 6) is 1.43. The highest BCUT2D eigenvalue weighted by Gasteiger charge is 2.26. The Hall–Kier alpha value is -4.13. The molecule has 31 heavy (non-hydrogen) atoms. The van der Waals surface area contributed by atoms with E-state index in [4.69, 9.17) is 18.2 Å². The average Bonchev–Trinajstić information content (AvgIpc) is 3.50. The normalized spacial score (nSPS) is 11.2. The van der Waals surface area contributed by atoms with E-state index >= 15 is 0 Å². The van der Waals surface area contributed by atoms with Crippen molar-refractivity contribution in [2.24, 2.45) is 0 Å². The van der Waals surface area contributed by atoms with Gasteiger partial charge in [-0.25, -0.2) is 0 Å². The number of carbonyl (C=O) groups is 1. The molecule has 5 aromatic rings. The number of para-hydroxylation sites is 1. The lowest BCUT2D eigenvalue weighted by molar-refractivity contribution is 0.101. The van der Waals surface area contributed by atoms with Gasteiger partial charge in [0.15, 0.2) is 22.9 Å². The Kier molecular flexibility index (Phi) is 4.63. The third-order valence-electron chi connectivity index (χ3n) is 4.92. The van der Waals surface area contributed by atoms with Crippen molar-refractivity contribution in [1.29, 1.82) is 0 Å². The van der Waals surface area contributed by atoms with E-state index in [1.165, 1.54) is 0 Å². The van der Waals surface area contributed by atoms with Crippen LogP contribution in [-0.2, 0) is 6.61 Å². The molecule has 7 nitrogen and oxygen atoms in total. The first-order valence-electron chi connectivity index (χ1n) is 9.74. The molecule has 0 saturated heterocycles. The van der Waals surface area contributed by atoms with Gasteiger partial charge in [-0.15, -0.1) is 0 Å². The maximum Gasteiger partial charge on any atom is 0.234 e. The maximum absolute atomic E-state index is 13.3. The molecule has 7 heteroatoms. The van der Waals surface area contributed by atoms with Crippen molar-refractivity contribution >= 4 is 16.8 Å². The summed E-state index contributed by atoms with van der Waals surface area (Å²) in [6, 6.07) is 18.4. The minimum atomic E-state index is -0.300. The van der Waals surface area contributed by atoms with Crippen LogP contribution >= 0.6 is 0 Å². The molecule has 0 amide bonds. The molecule has 0 N–H and O–H groups in total. The van der Waals surface area contributed by atoms with E-state index in [-0.39, 0.29) is 18.2 Å². The van der Waals surface area contributed by atoms with E-state index in [0.29, 0.717) is 34.1 Å². The Balaban J connectivity index is 1.49. The van der Waals surface area contributed by atoms with Crippen molar-refractivity contribution in [2.75, 3.05) is 0 Å². The van der Waals surface area contributed by atoms with E-state index in [1.807, 2.05) is 49.4 Å². The number of fused-ring (bicyclic) bond motifs is 1. The number of hydrogen-bond donors (Lipinski definition) is 0. The van der Waals surface area contributed by atoms with Crippen molar-refractivity contribution in [2.45, 2.75) is 20.5 Å². The number of furan rings is 1.